The van der Waals surface area contributed by atoms with Gasteiger partial charge < -0.3 is 5.32 Å². The molecule has 2 aromatic rings. The Balaban J connectivity index is 1.82. The predicted octanol–water partition coefficient (Wildman–Crippen LogP) is 3.82. The molecule has 0 unspecified atom stereocenters. The molecule has 0 radical (unpaired) electrons. The highest BCUT2D eigenvalue weighted by Gasteiger charge is 2.30. The summed E-state index contributed by atoms with van der Waals surface area (Å²) in [5.41, 5.74) is 6.20. The van der Waals surface area contributed by atoms with Gasteiger partial charge in [0.2, 0.25) is 15.9 Å². The number of amides is 1. The molecule has 1 amide bonds. The van der Waals surface area contributed by atoms with Crippen LogP contribution in [0, 0.1) is 13.8 Å². The third-order valence-electron chi connectivity index (χ3n) is 5.53. The monoisotopic (exact) mass is 414 g/mol. The maximum Gasteiger partial charge on any atom is 0.244 e. The van der Waals surface area contributed by atoms with E-state index in [2.05, 4.69) is 23.5 Å². The van der Waals surface area contributed by atoms with Crippen LogP contribution in [0.25, 0.3) is 0 Å². The first-order valence-corrected chi connectivity index (χ1v) is 11.9. The van der Waals surface area contributed by atoms with E-state index in [0.717, 1.165) is 35.8 Å². The predicted molar refractivity (Wildman–Crippen MR) is 118 cm³/mol. The fraction of sp³-hybridized carbons (Fsp3) is 0.435. The van der Waals surface area contributed by atoms with Crippen molar-refractivity contribution in [2.24, 2.45) is 0 Å². The number of carbonyl (C=O) groups excluding carboxylic acids is 1. The van der Waals surface area contributed by atoms with Crippen LogP contribution in [0.3, 0.4) is 0 Å². The SMILES string of the molecule is Cc1cc(C)cc(N([C@H](C)C(=O)N[C@H](C)c2ccc3c(c2)CCC3)S(C)(=O)=O)c1. The van der Waals surface area contributed by atoms with Gasteiger partial charge in [-0.15, -0.1) is 0 Å². The lowest BCUT2D eigenvalue weighted by atomic mass is 10.0. The van der Waals surface area contributed by atoms with Crippen molar-refractivity contribution in [2.45, 2.75) is 59.0 Å². The molecule has 0 fully saturated rings. The number of nitrogens with zero attached hydrogens (tertiary/aromatic N) is 1. The Kier molecular flexibility index (Phi) is 6.03. The number of hydrogen-bond donors (Lipinski definition) is 1. The van der Waals surface area contributed by atoms with Crippen molar-refractivity contribution in [3.05, 3.63) is 64.2 Å². The molecular weight excluding hydrogens is 384 g/mol. The Hall–Kier alpha value is -2.34. The van der Waals surface area contributed by atoms with E-state index in [9.17, 15) is 13.2 Å². The molecule has 0 saturated carbocycles. The highest BCUT2D eigenvalue weighted by molar-refractivity contribution is 7.92. The molecule has 1 aliphatic rings. The number of hydrogen-bond acceptors (Lipinski definition) is 3. The number of fused-ring (bicyclic) bond motifs is 1. The van der Waals surface area contributed by atoms with E-state index in [1.807, 2.05) is 26.8 Å². The highest BCUT2D eigenvalue weighted by Crippen LogP contribution is 2.27. The van der Waals surface area contributed by atoms with Gasteiger partial charge in [-0.25, -0.2) is 8.42 Å². The molecule has 0 aliphatic heterocycles. The second-order valence-electron chi connectivity index (χ2n) is 8.19. The Morgan fingerprint density at radius 1 is 1.00 bits per heavy atom. The Morgan fingerprint density at radius 2 is 1.62 bits per heavy atom. The van der Waals surface area contributed by atoms with E-state index in [1.165, 1.54) is 21.9 Å². The van der Waals surface area contributed by atoms with Gasteiger partial charge in [0.15, 0.2) is 0 Å². The average molecular weight is 415 g/mol. The standard InChI is InChI=1S/C23H30N2O3S/c1-15-11-16(2)13-22(12-15)25(29(5,27)28)18(4)23(26)24-17(3)20-10-9-19-7-6-8-21(19)14-20/h9-14,17-18H,6-8H2,1-5H3,(H,24,26)/t17-,18-/m1/s1. The van der Waals surface area contributed by atoms with Crippen molar-refractivity contribution in [2.75, 3.05) is 10.6 Å². The van der Waals surface area contributed by atoms with E-state index < -0.39 is 16.1 Å². The van der Waals surface area contributed by atoms with Gasteiger partial charge in [0.1, 0.15) is 6.04 Å². The van der Waals surface area contributed by atoms with E-state index in [4.69, 9.17) is 0 Å². The minimum Gasteiger partial charge on any atom is -0.348 e. The van der Waals surface area contributed by atoms with E-state index >= 15 is 0 Å². The second-order valence-corrected chi connectivity index (χ2v) is 10.1. The van der Waals surface area contributed by atoms with Gasteiger partial charge >= 0.3 is 0 Å². The zero-order valence-electron chi connectivity index (χ0n) is 17.8. The summed E-state index contributed by atoms with van der Waals surface area (Å²) in [6, 6.07) is 10.9. The van der Waals surface area contributed by atoms with Gasteiger partial charge in [0.25, 0.3) is 0 Å². The normalized spacial score (nSPS) is 15.5. The number of rotatable bonds is 6. The molecule has 0 spiro atoms. The minimum absolute atomic E-state index is 0.198. The third-order valence-corrected chi connectivity index (χ3v) is 6.77. The number of sulfonamides is 1. The molecule has 0 saturated heterocycles. The first-order chi connectivity index (χ1) is 13.6. The molecule has 29 heavy (non-hydrogen) atoms. The second kappa shape index (κ2) is 8.19. The highest BCUT2D eigenvalue weighted by atomic mass is 32.2. The van der Waals surface area contributed by atoms with Crippen molar-refractivity contribution in [3.63, 3.8) is 0 Å². The quantitative estimate of drug-likeness (QED) is 0.781. The Labute approximate surface area is 174 Å². The maximum atomic E-state index is 13.0. The first-order valence-electron chi connectivity index (χ1n) is 10.1. The van der Waals surface area contributed by atoms with Crippen LogP contribution in [-0.4, -0.2) is 26.6 Å². The van der Waals surface area contributed by atoms with Crippen molar-refractivity contribution < 1.29 is 13.2 Å². The lowest BCUT2D eigenvalue weighted by Gasteiger charge is -2.30. The van der Waals surface area contributed by atoms with Crippen molar-refractivity contribution >= 4 is 21.6 Å². The number of aryl methyl sites for hydroxylation is 4. The molecule has 2 aromatic carbocycles. The maximum absolute atomic E-state index is 13.0. The van der Waals surface area contributed by atoms with Crippen LogP contribution in [0.4, 0.5) is 5.69 Å². The fourth-order valence-corrected chi connectivity index (χ4v) is 5.32. The molecule has 0 bridgehead atoms. The van der Waals surface area contributed by atoms with E-state index in [1.54, 1.807) is 19.1 Å². The molecule has 1 aliphatic carbocycles. The van der Waals surface area contributed by atoms with Gasteiger partial charge in [-0.05, 0) is 86.9 Å². The molecule has 156 valence electrons. The van der Waals surface area contributed by atoms with Crippen LogP contribution in [-0.2, 0) is 27.7 Å². The summed E-state index contributed by atoms with van der Waals surface area (Å²) in [6.45, 7) is 7.39. The van der Waals surface area contributed by atoms with Crippen LogP contribution in [0.5, 0.6) is 0 Å². The molecular formula is C23H30N2O3S. The van der Waals surface area contributed by atoms with Gasteiger partial charge in [-0.3, -0.25) is 9.10 Å². The zero-order valence-corrected chi connectivity index (χ0v) is 18.6. The van der Waals surface area contributed by atoms with E-state index in [-0.39, 0.29) is 11.9 Å². The summed E-state index contributed by atoms with van der Waals surface area (Å²) in [5, 5.41) is 2.99. The molecule has 6 heteroatoms. The Morgan fingerprint density at radius 3 is 2.24 bits per heavy atom. The summed E-state index contributed by atoms with van der Waals surface area (Å²) in [5.74, 6) is -0.317. The largest absolute Gasteiger partial charge is 0.348 e. The average Bonchev–Trinajstić information content (AvgIpc) is 3.07. The lowest BCUT2D eigenvalue weighted by molar-refractivity contribution is -0.122. The fourth-order valence-electron chi connectivity index (χ4n) is 4.17. The minimum atomic E-state index is -3.63. The lowest BCUT2D eigenvalue weighted by Crippen LogP contribution is -2.48. The zero-order chi connectivity index (χ0) is 21.3. The summed E-state index contributed by atoms with van der Waals surface area (Å²) in [6.07, 6.45) is 4.51. The summed E-state index contributed by atoms with van der Waals surface area (Å²) in [7, 11) is -3.63. The molecule has 2 atom stereocenters. The van der Waals surface area contributed by atoms with Crippen LogP contribution in [0.15, 0.2) is 36.4 Å². The molecule has 0 aromatic heterocycles. The number of anilines is 1. The van der Waals surface area contributed by atoms with E-state index in [0.29, 0.717) is 5.69 Å². The molecule has 3 rings (SSSR count). The number of benzene rings is 2. The van der Waals surface area contributed by atoms with Crippen LogP contribution in [0.2, 0.25) is 0 Å². The molecule has 5 nitrogen and oxygen atoms in total. The van der Waals surface area contributed by atoms with Crippen LogP contribution in [0.1, 0.15) is 54.1 Å². The van der Waals surface area contributed by atoms with Gasteiger partial charge in [0, 0.05) is 0 Å². The van der Waals surface area contributed by atoms with Crippen LogP contribution < -0.4 is 9.62 Å². The molecule has 1 N–H and O–H groups in total. The van der Waals surface area contributed by atoms with Crippen molar-refractivity contribution in [1.29, 1.82) is 0 Å². The van der Waals surface area contributed by atoms with Crippen LogP contribution >= 0.6 is 0 Å². The summed E-state index contributed by atoms with van der Waals surface area (Å²) in [4.78, 5) is 13.0. The van der Waals surface area contributed by atoms with Crippen molar-refractivity contribution in [3.8, 4) is 0 Å². The third kappa shape index (κ3) is 4.81. The number of carbonyl (C=O) groups is 1. The van der Waals surface area contributed by atoms with Crippen molar-refractivity contribution in [1.82, 2.24) is 5.32 Å². The summed E-state index contributed by atoms with van der Waals surface area (Å²) < 4.78 is 26.3. The molecule has 0 heterocycles. The smallest absolute Gasteiger partial charge is 0.244 e. The Bertz CT molecular complexity index is 1010. The summed E-state index contributed by atoms with van der Waals surface area (Å²) >= 11 is 0. The first kappa shape index (κ1) is 21.4. The topological polar surface area (TPSA) is 66.5 Å². The van der Waals surface area contributed by atoms with Gasteiger partial charge in [-0.2, -0.15) is 0 Å². The number of nitrogens with one attached hydrogen (secondary N) is 1. The van der Waals surface area contributed by atoms with Gasteiger partial charge in [0.05, 0.1) is 18.0 Å². The van der Waals surface area contributed by atoms with Gasteiger partial charge in [-0.1, -0.05) is 24.3 Å².